The Kier molecular flexibility index (Phi) is 3.70. The molecule has 112 valence electrons. The van der Waals surface area contributed by atoms with Crippen LogP contribution in [0.25, 0.3) is 0 Å². The number of amides is 1. The molecule has 0 saturated heterocycles. The fourth-order valence-electron chi connectivity index (χ4n) is 3.18. The van der Waals surface area contributed by atoms with Gasteiger partial charge in [-0.2, -0.15) is 0 Å². The number of fused-ring (bicyclic) bond motifs is 1. The molecule has 1 saturated carbocycles. The van der Waals surface area contributed by atoms with Gasteiger partial charge in [0.2, 0.25) is 5.91 Å². The lowest BCUT2D eigenvalue weighted by molar-refractivity contribution is -0.140. The number of aryl methyl sites for hydroxylation is 2. The highest BCUT2D eigenvalue weighted by molar-refractivity contribution is 5.89. The van der Waals surface area contributed by atoms with E-state index in [-0.39, 0.29) is 17.9 Å². The summed E-state index contributed by atoms with van der Waals surface area (Å²) in [5.41, 5.74) is 3.93. The Morgan fingerprint density at radius 1 is 1.19 bits per heavy atom. The first-order valence-corrected chi connectivity index (χ1v) is 7.71. The van der Waals surface area contributed by atoms with Crippen LogP contribution in [0.1, 0.15) is 48.9 Å². The van der Waals surface area contributed by atoms with E-state index in [1.165, 1.54) is 24.0 Å². The van der Waals surface area contributed by atoms with Crippen molar-refractivity contribution >= 4 is 11.9 Å². The Balaban J connectivity index is 1.64. The monoisotopic (exact) mass is 287 g/mol. The second-order valence-electron chi connectivity index (χ2n) is 6.25. The van der Waals surface area contributed by atoms with Crippen LogP contribution in [-0.4, -0.2) is 17.0 Å². The molecular formula is C17H21NO3. The van der Waals surface area contributed by atoms with Gasteiger partial charge in [-0.3, -0.25) is 9.59 Å². The number of carboxylic acid groups (broad SMARTS) is 1. The molecule has 3 atom stereocenters. The number of carboxylic acids is 1. The lowest BCUT2D eigenvalue weighted by Crippen LogP contribution is -2.29. The number of hydrogen-bond acceptors (Lipinski definition) is 2. The molecule has 1 amide bonds. The Bertz CT molecular complexity index is 581. The molecule has 0 radical (unpaired) electrons. The van der Waals surface area contributed by atoms with E-state index in [4.69, 9.17) is 5.11 Å². The van der Waals surface area contributed by atoms with E-state index < -0.39 is 11.9 Å². The summed E-state index contributed by atoms with van der Waals surface area (Å²) in [4.78, 5) is 22.8. The van der Waals surface area contributed by atoms with Crippen LogP contribution in [0.5, 0.6) is 0 Å². The fraction of sp³-hybridized carbons (Fsp3) is 0.529. The number of carbonyl (C=O) groups is 2. The number of aliphatic carboxylic acids is 1. The fourth-order valence-corrected chi connectivity index (χ4v) is 3.18. The summed E-state index contributed by atoms with van der Waals surface area (Å²) in [5, 5.41) is 11.8. The molecule has 1 unspecified atom stereocenters. The van der Waals surface area contributed by atoms with E-state index in [1.54, 1.807) is 0 Å². The van der Waals surface area contributed by atoms with Gasteiger partial charge in [-0.15, -0.1) is 0 Å². The summed E-state index contributed by atoms with van der Waals surface area (Å²) in [6, 6.07) is 6.38. The van der Waals surface area contributed by atoms with Crippen LogP contribution in [0.15, 0.2) is 18.2 Å². The van der Waals surface area contributed by atoms with Crippen LogP contribution in [0.4, 0.5) is 0 Å². The van der Waals surface area contributed by atoms with Gasteiger partial charge in [-0.05, 0) is 55.7 Å². The molecule has 2 aliphatic carbocycles. The number of hydrogen-bond donors (Lipinski definition) is 2. The normalized spacial score (nSPS) is 24.8. The van der Waals surface area contributed by atoms with Crippen LogP contribution in [0.3, 0.4) is 0 Å². The second-order valence-corrected chi connectivity index (χ2v) is 6.25. The molecule has 2 N–H and O–H groups in total. The molecule has 1 fully saturated rings. The minimum Gasteiger partial charge on any atom is -0.481 e. The first-order valence-electron chi connectivity index (χ1n) is 7.71. The van der Waals surface area contributed by atoms with Crippen LogP contribution in [0, 0.1) is 11.8 Å². The van der Waals surface area contributed by atoms with E-state index in [9.17, 15) is 9.59 Å². The van der Waals surface area contributed by atoms with Crippen molar-refractivity contribution in [2.45, 2.75) is 45.1 Å². The van der Waals surface area contributed by atoms with Crippen molar-refractivity contribution in [3.63, 3.8) is 0 Å². The minimum atomic E-state index is -0.864. The summed E-state index contributed by atoms with van der Waals surface area (Å²) in [7, 11) is 0. The predicted molar refractivity (Wildman–Crippen MR) is 78.9 cm³/mol. The van der Waals surface area contributed by atoms with Crippen molar-refractivity contribution in [1.29, 1.82) is 0 Å². The molecule has 0 heterocycles. The van der Waals surface area contributed by atoms with Gasteiger partial charge in [0.15, 0.2) is 0 Å². The Morgan fingerprint density at radius 3 is 2.57 bits per heavy atom. The minimum absolute atomic E-state index is 0.0697. The number of benzene rings is 1. The number of nitrogens with one attached hydrogen (secondary N) is 1. The average Bonchev–Trinajstić information content (AvgIpc) is 3.27. The van der Waals surface area contributed by atoms with Gasteiger partial charge in [0.25, 0.3) is 0 Å². The molecule has 0 spiro atoms. The van der Waals surface area contributed by atoms with Crippen molar-refractivity contribution in [2.24, 2.45) is 11.8 Å². The van der Waals surface area contributed by atoms with Crippen LogP contribution >= 0.6 is 0 Å². The molecule has 2 aliphatic rings. The molecule has 1 aromatic rings. The summed E-state index contributed by atoms with van der Waals surface area (Å²) in [6.45, 7) is 1.96. The van der Waals surface area contributed by atoms with Crippen LogP contribution in [0.2, 0.25) is 0 Å². The lowest BCUT2D eigenvalue weighted by Gasteiger charge is -2.20. The maximum atomic E-state index is 12.0. The SMILES string of the molecule is CC(NC(=O)[C@@H]1C[C@@H]1C(=O)O)c1ccc2c(c1)CCCC2. The van der Waals surface area contributed by atoms with Gasteiger partial charge in [-0.25, -0.2) is 0 Å². The quantitative estimate of drug-likeness (QED) is 0.894. The van der Waals surface area contributed by atoms with Crippen molar-refractivity contribution in [3.8, 4) is 0 Å². The average molecular weight is 287 g/mol. The zero-order valence-electron chi connectivity index (χ0n) is 12.3. The summed E-state index contributed by atoms with van der Waals surface area (Å²) in [5.74, 6) is -1.83. The molecule has 3 rings (SSSR count). The topological polar surface area (TPSA) is 66.4 Å². The highest BCUT2D eigenvalue weighted by atomic mass is 16.4. The first-order chi connectivity index (χ1) is 10.1. The van der Waals surface area contributed by atoms with E-state index in [2.05, 4.69) is 23.5 Å². The van der Waals surface area contributed by atoms with Crippen molar-refractivity contribution in [1.82, 2.24) is 5.32 Å². The Hall–Kier alpha value is -1.84. The third kappa shape index (κ3) is 2.94. The maximum Gasteiger partial charge on any atom is 0.307 e. The second kappa shape index (κ2) is 5.51. The molecule has 21 heavy (non-hydrogen) atoms. The van der Waals surface area contributed by atoms with Gasteiger partial charge in [0.05, 0.1) is 17.9 Å². The zero-order chi connectivity index (χ0) is 15.0. The van der Waals surface area contributed by atoms with Crippen LogP contribution in [-0.2, 0) is 22.4 Å². The van der Waals surface area contributed by atoms with Gasteiger partial charge < -0.3 is 10.4 Å². The highest BCUT2D eigenvalue weighted by Crippen LogP contribution is 2.39. The van der Waals surface area contributed by atoms with Gasteiger partial charge in [0, 0.05) is 0 Å². The number of rotatable bonds is 4. The molecule has 0 aromatic heterocycles. The standard InChI is InChI=1S/C17H21NO3/c1-10(18-16(19)14-9-15(14)17(20)21)12-7-6-11-4-2-3-5-13(11)8-12/h6-8,10,14-15H,2-5,9H2,1H3,(H,18,19)(H,20,21)/t10?,14-,15+/m1/s1. The van der Waals surface area contributed by atoms with Crippen molar-refractivity contribution in [3.05, 3.63) is 34.9 Å². The molecular weight excluding hydrogens is 266 g/mol. The van der Waals surface area contributed by atoms with E-state index in [0.29, 0.717) is 6.42 Å². The zero-order valence-corrected chi connectivity index (χ0v) is 12.3. The first kappa shape index (κ1) is 14.1. The highest BCUT2D eigenvalue weighted by Gasteiger charge is 2.48. The van der Waals surface area contributed by atoms with Gasteiger partial charge in [0.1, 0.15) is 0 Å². The lowest BCUT2D eigenvalue weighted by atomic mass is 9.89. The summed E-state index contributed by atoms with van der Waals surface area (Å²) < 4.78 is 0. The third-order valence-electron chi connectivity index (χ3n) is 4.68. The molecule has 0 bridgehead atoms. The third-order valence-corrected chi connectivity index (χ3v) is 4.68. The van der Waals surface area contributed by atoms with E-state index in [1.807, 2.05) is 6.92 Å². The summed E-state index contributed by atoms with van der Waals surface area (Å²) in [6.07, 6.45) is 5.24. The number of carbonyl (C=O) groups excluding carboxylic acids is 1. The van der Waals surface area contributed by atoms with Crippen molar-refractivity contribution in [2.75, 3.05) is 0 Å². The molecule has 4 nitrogen and oxygen atoms in total. The van der Waals surface area contributed by atoms with Gasteiger partial charge in [-0.1, -0.05) is 18.2 Å². The van der Waals surface area contributed by atoms with Crippen molar-refractivity contribution < 1.29 is 14.7 Å². The molecule has 1 aromatic carbocycles. The smallest absolute Gasteiger partial charge is 0.307 e. The predicted octanol–water partition coefficient (Wildman–Crippen LogP) is 2.46. The van der Waals surface area contributed by atoms with E-state index >= 15 is 0 Å². The van der Waals surface area contributed by atoms with Crippen LogP contribution < -0.4 is 5.32 Å². The van der Waals surface area contributed by atoms with E-state index in [0.717, 1.165) is 18.4 Å². The Morgan fingerprint density at radius 2 is 1.90 bits per heavy atom. The maximum absolute atomic E-state index is 12.0. The largest absolute Gasteiger partial charge is 0.481 e. The summed E-state index contributed by atoms with van der Waals surface area (Å²) >= 11 is 0. The molecule has 4 heteroatoms. The molecule has 0 aliphatic heterocycles. The Labute approximate surface area is 124 Å². The van der Waals surface area contributed by atoms with Gasteiger partial charge >= 0.3 is 5.97 Å².